The van der Waals surface area contributed by atoms with Gasteiger partial charge in [0.1, 0.15) is 28.7 Å². The number of aliphatic hydroxyl groups excluding tert-OH is 2. The SMILES string of the molecule is NC(=O)C1=C(O)[C@@]2(O)C(=O)C3=C(O)c4c(O)ccc(C#Cc5ccccc5F)c4C[C@H]3C[C@H]2CC1=O. The average molecular weight is 489 g/mol. The summed E-state index contributed by atoms with van der Waals surface area (Å²) >= 11 is 0. The molecule has 36 heavy (non-hydrogen) atoms. The fourth-order valence-electron chi connectivity index (χ4n) is 5.44. The Bertz CT molecular complexity index is 1510. The Hall–Kier alpha value is -4.42. The van der Waals surface area contributed by atoms with Crippen LogP contribution in [-0.2, 0) is 20.8 Å². The number of phenolic OH excluding ortho intramolecular Hbond substituents is 1. The topological polar surface area (TPSA) is 158 Å². The lowest BCUT2D eigenvalue weighted by molar-refractivity contribution is -0.147. The van der Waals surface area contributed by atoms with Gasteiger partial charge in [-0.2, -0.15) is 0 Å². The molecular weight excluding hydrogens is 469 g/mol. The van der Waals surface area contributed by atoms with Crippen LogP contribution in [0.2, 0.25) is 0 Å². The van der Waals surface area contributed by atoms with Gasteiger partial charge in [0, 0.05) is 23.5 Å². The number of hydrogen-bond donors (Lipinski definition) is 5. The Morgan fingerprint density at radius 2 is 1.72 bits per heavy atom. The maximum Gasteiger partial charge on any atom is 0.255 e. The van der Waals surface area contributed by atoms with E-state index in [-0.39, 0.29) is 35.3 Å². The molecule has 8 nitrogen and oxygen atoms in total. The number of benzene rings is 2. The third-order valence-electron chi connectivity index (χ3n) is 7.15. The van der Waals surface area contributed by atoms with Crippen molar-refractivity contribution >= 4 is 23.2 Å². The lowest BCUT2D eigenvalue weighted by Gasteiger charge is -2.46. The lowest BCUT2D eigenvalue weighted by Crippen LogP contribution is -2.58. The predicted molar refractivity (Wildman–Crippen MR) is 124 cm³/mol. The van der Waals surface area contributed by atoms with Gasteiger partial charge in [-0.15, -0.1) is 0 Å². The minimum atomic E-state index is -2.62. The van der Waals surface area contributed by atoms with E-state index in [4.69, 9.17) is 5.73 Å². The van der Waals surface area contributed by atoms with E-state index in [0.717, 1.165) is 0 Å². The summed E-state index contributed by atoms with van der Waals surface area (Å²) in [7, 11) is 0. The number of fused-ring (bicyclic) bond motifs is 3. The summed E-state index contributed by atoms with van der Waals surface area (Å²) in [6.45, 7) is 0. The number of hydrogen-bond acceptors (Lipinski definition) is 7. The Morgan fingerprint density at radius 3 is 2.42 bits per heavy atom. The molecule has 0 unspecified atom stereocenters. The standard InChI is InChI=1S/C27H20FNO7/c28-17-4-2-1-3-13(17)6-5-12-7-8-18(30)21-16(12)10-14-9-15-11-19(31)22(26(29)35)25(34)27(15,36)24(33)20(14)23(21)32/h1-4,7-8,14-15,30,32,34,36H,9-11H2,(H2,29,35)/t14-,15+,27+/m1/s1. The van der Waals surface area contributed by atoms with E-state index in [1.165, 1.54) is 30.3 Å². The second-order valence-electron chi connectivity index (χ2n) is 9.12. The minimum Gasteiger partial charge on any atom is -0.508 e. The zero-order valence-electron chi connectivity index (χ0n) is 18.7. The van der Waals surface area contributed by atoms with Crippen molar-refractivity contribution in [2.75, 3.05) is 0 Å². The van der Waals surface area contributed by atoms with Crippen LogP contribution in [0.5, 0.6) is 5.75 Å². The number of rotatable bonds is 1. The highest BCUT2D eigenvalue weighted by Gasteiger charge is 2.60. The quantitative estimate of drug-likeness (QED) is 0.303. The van der Waals surface area contributed by atoms with Gasteiger partial charge < -0.3 is 26.2 Å². The summed E-state index contributed by atoms with van der Waals surface area (Å²) in [5.74, 6) is -1.86. The van der Waals surface area contributed by atoms with Crippen LogP contribution in [0, 0.1) is 29.5 Å². The molecule has 5 rings (SSSR count). The number of nitrogens with two attached hydrogens (primary N) is 1. The fourth-order valence-corrected chi connectivity index (χ4v) is 5.44. The molecule has 3 aliphatic carbocycles. The van der Waals surface area contributed by atoms with E-state index in [0.29, 0.717) is 11.1 Å². The van der Waals surface area contributed by atoms with E-state index < -0.39 is 64.2 Å². The molecule has 0 aromatic heterocycles. The van der Waals surface area contributed by atoms with Crippen LogP contribution in [0.1, 0.15) is 35.1 Å². The monoisotopic (exact) mass is 489 g/mol. The number of ketones is 2. The maximum absolute atomic E-state index is 14.0. The molecule has 1 fully saturated rings. The summed E-state index contributed by atoms with van der Waals surface area (Å²) in [4.78, 5) is 37.6. The number of aromatic hydroxyl groups is 1. The summed E-state index contributed by atoms with van der Waals surface area (Å²) < 4.78 is 14.0. The van der Waals surface area contributed by atoms with Gasteiger partial charge in [-0.25, -0.2) is 4.39 Å². The minimum absolute atomic E-state index is 0.0127. The first-order valence-corrected chi connectivity index (χ1v) is 11.1. The molecule has 3 aliphatic rings. The van der Waals surface area contributed by atoms with Gasteiger partial charge >= 0.3 is 0 Å². The van der Waals surface area contributed by atoms with E-state index in [2.05, 4.69) is 11.8 Å². The zero-order valence-corrected chi connectivity index (χ0v) is 18.7. The van der Waals surface area contributed by atoms with Gasteiger partial charge in [-0.3, -0.25) is 14.4 Å². The predicted octanol–water partition coefficient (Wildman–Crippen LogP) is 1.96. The van der Waals surface area contributed by atoms with Crippen LogP contribution in [0.25, 0.3) is 5.76 Å². The average Bonchev–Trinajstić information content (AvgIpc) is 2.81. The molecular formula is C27H20FNO7. The van der Waals surface area contributed by atoms with Crippen LogP contribution in [0.3, 0.4) is 0 Å². The Morgan fingerprint density at radius 1 is 1.03 bits per heavy atom. The molecule has 0 saturated heterocycles. The van der Waals surface area contributed by atoms with E-state index in [9.17, 15) is 39.2 Å². The Kier molecular flexibility index (Phi) is 5.23. The summed E-state index contributed by atoms with van der Waals surface area (Å²) in [6.07, 6.45) is -0.273. The smallest absolute Gasteiger partial charge is 0.255 e. The van der Waals surface area contributed by atoms with Crippen molar-refractivity contribution in [3.63, 3.8) is 0 Å². The van der Waals surface area contributed by atoms with E-state index in [1.54, 1.807) is 6.07 Å². The van der Waals surface area contributed by atoms with Crippen molar-refractivity contribution in [3.8, 4) is 17.6 Å². The van der Waals surface area contributed by atoms with Crippen molar-refractivity contribution in [1.29, 1.82) is 0 Å². The van der Waals surface area contributed by atoms with Gasteiger partial charge in [0.25, 0.3) is 5.91 Å². The molecule has 6 N–H and O–H groups in total. The first-order chi connectivity index (χ1) is 17.1. The van der Waals surface area contributed by atoms with Crippen LogP contribution < -0.4 is 5.73 Å². The van der Waals surface area contributed by atoms with Crippen molar-refractivity contribution in [2.24, 2.45) is 17.6 Å². The van der Waals surface area contributed by atoms with Gasteiger partial charge in [-0.05, 0) is 48.6 Å². The molecule has 0 heterocycles. The second kappa shape index (κ2) is 8.07. The maximum atomic E-state index is 14.0. The number of carbonyl (C=O) groups is 3. The van der Waals surface area contributed by atoms with Crippen LogP contribution in [0.15, 0.2) is 53.3 Å². The van der Waals surface area contributed by atoms with Crippen molar-refractivity contribution in [2.45, 2.75) is 24.9 Å². The molecule has 2 aromatic carbocycles. The first-order valence-electron chi connectivity index (χ1n) is 11.1. The lowest BCUT2D eigenvalue weighted by atomic mass is 9.59. The molecule has 3 atom stereocenters. The molecule has 9 heteroatoms. The third-order valence-corrected chi connectivity index (χ3v) is 7.15. The van der Waals surface area contributed by atoms with Crippen LogP contribution >= 0.6 is 0 Å². The van der Waals surface area contributed by atoms with Gasteiger partial charge in [-0.1, -0.05) is 24.0 Å². The number of halogens is 1. The van der Waals surface area contributed by atoms with Gasteiger partial charge in [0.15, 0.2) is 11.4 Å². The first kappa shape index (κ1) is 23.3. The molecule has 0 radical (unpaired) electrons. The largest absolute Gasteiger partial charge is 0.508 e. The van der Waals surface area contributed by atoms with Crippen molar-refractivity contribution < 1.29 is 39.2 Å². The molecule has 0 spiro atoms. The highest BCUT2D eigenvalue weighted by Crippen LogP contribution is 2.52. The summed E-state index contributed by atoms with van der Waals surface area (Å²) in [5, 5.41) is 43.5. The molecule has 0 aliphatic heterocycles. The van der Waals surface area contributed by atoms with Crippen molar-refractivity contribution in [3.05, 3.63) is 81.4 Å². The number of primary amides is 1. The molecule has 0 bridgehead atoms. The Balaban J connectivity index is 1.66. The third kappa shape index (κ3) is 3.22. The normalized spacial score (nSPS) is 24.9. The van der Waals surface area contributed by atoms with Crippen molar-refractivity contribution in [1.82, 2.24) is 0 Å². The molecule has 182 valence electrons. The van der Waals surface area contributed by atoms with Crippen LogP contribution in [0.4, 0.5) is 4.39 Å². The van der Waals surface area contributed by atoms with Crippen LogP contribution in [-0.4, -0.2) is 43.5 Å². The fraction of sp³-hybridized carbons (Fsp3) is 0.222. The Labute approximate surface area is 204 Å². The summed E-state index contributed by atoms with van der Waals surface area (Å²) in [5.41, 5.74) is 2.39. The zero-order chi connectivity index (χ0) is 25.9. The molecule has 2 aromatic rings. The van der Waals surface area contributed by atoms with E-state index in [1.807, 2.05) is 0 Å². The second-order valence-corrected chi connectivity index (χ2v) is 9.12. The van der Waals surface area contributed by atoms with Gasteiger partial charge in [0.2, 0.25) is 5.78 Å². The number of phenols is 1. The van der Waals surface area contributed by atoms with Gasteiger partial charge in [0.05, 0.1) is 11.1 Å². The highest BCUT2D eigenvalue weighted by atomic mass is 19.1. The summed E-state index contributed by atoms with van der Waals surface area (Å²) in [6, 6.07) is 8.72. The molecule has 1 amide bonds. The number of aliphatic hydroxyl groups is 3. The van der Waals surface area contributed by atoms with E-state index >= 15 is 0 Å². The highest BCUT2D eigenvalue weighted by molar-refractivity contribution is 6.22. The number of Topliss-reactive ketones (excluding diaryl/α,β-unsaturated/α-hetero) is 2. The number of amides is 1. The number of carbonyl (C=O) groups excluding carboxylic acids is 3. The molecule has 1 saturated carbocycles.